The van der Waals surface area contributed by atoms with Crippen LogP contribution in [-0.2, 0) is 25.0 Å². The van der Waals surface area contributed by atoms with Crippen LogP contribution in [0.3, 0.4) is 0 Å². The van der Waals surface area contributed by atoms with Gasteiger partial charge in [0.1, 0.15) is 0 Å². The zero-order chi connectivity index (χ0) is 22.6. The molecule has 0 spiro atoms. The first-order chi connectivity index (χ1) is 14.6. The van der Waals surface area contributed by atoms with Crippen LogP contribution in [0.2, 0.25) is 0 Å². The molecule has 2 fully saturated rings. The Bertz CT molecular complexity index is 983. The van der Waals surface area contributed by atoms with E-state index < -0.39 is 26.3 Å². The first-order valence-electron chi connectivity index (χ1n) is 10.5. The molecule has 0 aliphatic carbocycles. The van der Waals surface area contributed by atoms with Crippen molar-refractivity contribution in [2.45, 2.75) is 43.5 Å². The van der Waals surface area contributed by atoms with Crippen LogP contribution in [0.15, 0.2) is 29.2 Å². The number of benzene rings is 1. The Hall–Kier alpha value is -1.57. The third kappa shape index (κ3) is 6.02. The maximum Gasteiger partial charge on any atom is 0.282 e. The summed E-state index contributed by atoms with van der Waals surface area (Å²) in [5, 5.41) is 7.85. The highest BCUT2D eigenvalue weighted by Crippen LogP contribution is 2.19. The third-order valence-corrected chi connectivity index (χ3v) is 8.79. The van der Waals surface area contributed by atoms with Crippen LogP contribution >= 0.6 is 0 Å². The molecule has 1 aromatic carbocycles. The SMILES string of the molecule is CC(C(=O)Nc1cccc(S(N)(=O)=O)c1)N1CCN(S(=O)(=O)N2CCCCCC2)CC1. The molecule has 1 unspecified atom stereocenters. The van der Waals surface area contributed by atoms with Gasteiger partial charge in [0.05, 0.1) is 10.9 Å². The largest absolute Gasteiger partial charge is 0.325 e. The van der Waals surface area contributed by atoms with Crippen LogP contribution in [0, 0.1) is 0 Å². The summed E-state index contributed by atoms with van der Waals surface area (Å²) in [6.45, 7) is 4.43. The van der Waals surface area contributed by atoms with Gasteiger partial charge in [-0.1, -0.05) is 18.9 Å². The van der Waals surface area contributed by atoms with Crippen LogP contribution in [0.25, 0.3) is 0 Å². The Morgan fingerprint density at radius 3 is 2.10 bits per heavy atom. The molecule has 2 aliphatic rings. The Morgan fingerprint density at radius 2 is 1.52 bits per heavy atom. The first kappa shape index (κ1) is 24.1. The highest BCUT2D eigenvalue weighted by atomic mass is 32.2. The molecule has 0 bridgehead atoms. The minimum atomic E-state index is -3.86. The van der Waals surface area contributed by atoms with Crippen molar-refractivity contribution in [2.75, 3.05) is 44.6 Å². The molecular formula is C19H31N5O5S2. The van der Waals surface area contributed by atoms with Gasteiger partial charge in [0.15, 0.2) is 0 Å². The minimum absolute atomic E-state index is 0.0784. The fourth-order valence-electron chi connectivity index (χ4n) is 3.92. The number of nitrogens with two attached hydrogens (primary N) is 1. The number of hydrogen-bond acceptors (Lipinski definition) is 6. The highest BCUT2D eigenvalue weighted by Gasteiger charge is 2.34. The predicted octanol–water partition coefficient (Wildman–Crippen LogP) is 0.399. The van der Waals surface area contributed by atoms with Crippen molar-refractivity contribution in [3.8, 4) is 0 Å². The number of carbonyl (C=O) groups excluding carboxylic acids is 1. The van der Waals surface area contributed by atoms with Gasteiger partial charge in [-0.25, -0.2) is 13.6 Å². The van der Waals surface area contributed by atoms with Crippen LogP contribution in [0.1, 0.15) is 32.6 Å². The fraction of sp³-hybridized carbons (Fsp3) is 0.632. The normalized spacial score (nSPS) is 21.4. The molecule has 1 atom stereocenters. The number of nitrogens with one attached hydrogen (secondary N) is 1. The number of hydrogen-bond donors (Lipinski definition) is 2. The van der Waals surface area contributed by atoms with E-state index in [9.17, 15) is 21.6 Å². The number of carbonyl (C=O) groups is 1. The average molecular weight is 474 g/mol. The van der Waals surface area contributed by atoms with E-state index in [2.05, 4.69) is 5.32 Å². The molecule has 1 aromatic rings. The zero-order valence-corrected chi connectivity index (χ0v) is 19.4. The topological polar surface area (TPSA) is 133 Å². The van der Waals surface area contributed by atoms with Crippen LogP contribution in [0.5, 0.6) is 0 Å². The molecular weight excluding hydrogens is 442 g/mol. The van der Waals surface area contributed by atoms with Crippen LogP contribution in [-0.4, -0.2) is 81.6 Å². The molecule has 12 heteroatoms. The number of nitrogens with zero attached hydrogens (tertiary/aromatic N) is 3. The second-order valence-corrected chi connectivity index (χ2v) is 11.5. The summed E-state index contributed by atoms with van der Waals surface area (Å²) in [6, 6.07) is 5.27. The van der Waals surface area contributed by atoms with Gasteiger partial charge in [0.2, 0.25) is 15.9 Å². The summed E-state index contributed by atoms with van der Waals surface area (Å²) >= 11 is 0. The molecule has 2 aliphatic heterocycles. The Morgan fingerprint density at radius 1 is 0.935 bits per heavy atom. The molecule has 10 nitrogen and oxygen atoms in total. The molecule has 0 saturated carbocycles. The average Bonchev–Trinajstić information content (AvgIpc) is 3.03. The predicted molar refractivity (Wildman–Crippen MR) is 118 cm³/mol. The van der Waals surface area contributed by atoms with Crippen molar-refractivity contribution in [3.05, 3.63) is 24.3 Å². The third-order valence-electron chi connectivity index (χ3n) is 5.85. The van der Waals surface area contributed by atoms with Gasteiger partial charge in [-0.05, 0) is 38.0 Å². The summed E-state index contributed by atoms with van der Waals surface area (Å²) < 4.78 is 52.0. The molecule has 3 N–H and O–H groups in total. The maximum atomic E-state index is 13.0. The molecule has 31 heavy (non-hydrogen) atoms. The monoisotopic (exact) mass is 473 g/mol. The second-order valence-electron chi connectivity index (χ2n) is 7.99. The van der Waals surface area contributed by atoms with E-state index in [0.29, 0.717) is 45.0 Å². The molecule has 2 saturated heterocycles. The van der Waals surface area contributed by atoms with Gasteiger partial charge in [0, 0.05) is 45.0 Å². The molecule has 2 heterocycles. The van der Waals surface area contributed by atoms with Gasteiger partial charge >= 0.3 is 0 Å². The standard InChI is InChI=1S/C19H31N5O5S2/c1-16(19(25)21-17-7-6-8-18(15-17)30(20,26)27)22-11-13-24(14-12-22)31(28,29)23-9-4-2-3-5-10-23/h6-8,15-16H,2-5,9-14H2,1H3,(H,21,25)(H2,20,26,27). The van der Waals surface area contributed by atoms with Gasteiger partial charge in [0.25, 0.3) is 10.2 Å². The van der Waals surface area contributed by atoms with E-state index >= 15 is 0 Å². The maximum absolute atomic E-state index is 13.0. The number of rotatable bonds is 6. The quantitative estimate of drug-likeness (QED) is 0.614. The zero-order valence-electron chi connectivity index (χ0n) is 17.7. The summed E-state index contributed by atoms with van der Waals surface area (Å²) in [5.41, 5.74) is 0.339. The smallest absolute Gasteiger partial charge is 0.282 e. The number of primary sulfonamides is 1. The fourth-order valence-corrected chi connectivity index (χ4v) is 6.15. The Labute approximate surface area is 184 Å². The van der Waals surface area contributed by atoms with Crippen molar-refractivity contribution in [1.82, 2.24) is 13.5 Å². The lowest BCUT2D eigenvalue weighted by molar-refractivity contribution is -0.121. The van der Waals surface area contributed by atoms with Gasteiger partial charge in [-0.15, -0.1) is 0 Å². The van der Waals surface area contributed by atoms with Crippen LogP contribution in [0.4, 0.5) is 5.69 Å². The van der Waals surface area contributed by atoms with E-state index in [1.54, 1.807) is 17.3 Å². The highest BCUT2D eigenvalue weighted by molar-refractivity contribution is 7.89. The van der Waals surface area contributed by atoms with E-state index in [1.165, 1.54) is 22.5 Å². The van der Waals surface area contributed by atoms with Gasteiger partial charge in [-0.2, -0.15) is 17.0 Å². The molecule has 174 valence electrons. The Balaban J connectivity index is 1.57. The summed E-state index contributed by atoms with van der Waals surface area (Å²) in [7, 11) is -7.34. The van der Waals surface area contributed by atoms with E-state index in [0.717, 1.165) is 25.7 Å². The van der Waals surface area contributed by atoms with Crippen molar-refractivity contribution < 1.29 is 21.6 Å². The van der Waals surface area contributed by atoms with Gasteiger partial charge < -0.3 is 5.32 Å². The van der Waals surface area contributed by atoms with E-state index in [1.807, 2.05) is 4.90 Å². The summed E-state index contributed by atoms with van der Waals surface area (Å²) in [5.74, 6) is -0.296. The number of piperazine rings is 1. The molecule has 0 aromatic heterocycles. The number of sulfonamides is 1. The number of anilines is 1. The summed E-state index contributed by atoms with van der Waals surface area (Å²) in [6.07, 6.45) is 3.91. The molecule has 1 amide bonds. The minimum Gasteiger partial charge on any atom is -0.325 e. The second kappa shape index (κ2) is 9.92. The van der Waals surface area contributed by atoms with Crippen molar-refractivity contribution in [3.63, 3.8) is 0 Å². The molecule has 3 rings (SSSR count). The lowest BCUT2D eigenvalue weighted by atomic mass is 10.2. The van der Waals surface area contributed by atoms with Gasteiger partial charge in [-0.3, -0.25) is 9.69 Å². The lowest BCUT2D eigenvalue weighted by Gasteiger charge is -2.38. The van der Waals surface area contributed by atoms with Crippen molar-refractivity contribution in [1.29, 1.82) is 0 Å². The molecule has 0 radical (unpaired) electrons. The lowest BCUT2D eigenvalue weighted by Crippen LogP contribution is -2.56. The Kier molecular flexibility index (Phi) is 7.71. The van der Waals surface area contributed by atoms with Crippen molar-refractivity contribution >= 4 is 31.8 Å². The summed E-state index contributed by atoms with van der Waals surface area (Å²) in [4.78, 5) is 14.5. The van der Waals surface area contributed by atoms with E-state index in [4.69, 9.17) is 5.14 Å². The number of amides is 1. The van der Waals surface area contributed by atoms with Crippen LogP contribution < -0.4 is 10.5 Å². The van der Waals surface area contributed by atoms with E-state index in [-0.39, 0.29) is 10.8 Å². The first-order valence-corrected chi connectivity index (χ1v) is 13.5. The van der Waals surface area contributed by atoms with Crippen molar-refractivity contribution in [2.24, 2.45) is 5.14 Å².